The van der Waals surface area contributed by atoms with Gasteiger partial charge in [0.05, 0.1) is 6.08 Å². The summed E-state index contributed by atoms with van der Waals surface area (Å²) >= 11 is 0. The molecule has 3 nitrogen and oxygen atoms in total. The van der Waals surface area contributed by atoms with E-state index in [-0.39, 0.29) is 11.0 Å². The molecule has 0 atom stereocenters. The van der Waals surface area contributed by atoms with Gasteiger partial charge in [-0.05, 0) is 18.1 Å². The van der Waals surface area contributed by atoms with Gasteiger partial charge in [-0.1, -0.05) is 20.8 Å². The van der Waals surface area contributed by atoms with Crippen LogP contribution in [-0.4, -0.2) is 20.9 Å². The van der Waals surface area contributed by atoms with E-state index in [1.807, 2.05) is 0 Å². The molecule has 1 rings (SSSR count). The normalized spacial score (nSPS) is 17.8. The molecule has 1 aliphatic heterocycles. The van der Waals surface area contributed by atoms with E-state index in [1.54, 1.807) is 0 Å². The number of rotatable bonds is 2. The number of hydrogen-bond donors (Lipinski definition) is 0. The first-order valence-corrected chi connectivity index (χ1v) is 7.69. The molecule has 0 saturated heterocycles. The summed E-state index contributed by atoms with van der Waals surface area (Å²) in [6.07, 6.45) is 1.44. The molecule has 0 amide bonds. The first-order valence-electron chi connectivity index (χ1n) is 4.79. The number of cyclic esters (lactones) is 1. The van der Waals surface area contributed by atoms with Gasteiger partial charge in [0.1, 0.15) is 12.4 Å². The van der Waals surface area contributed by atoms with Crippen LogP contribution < -0.4 is 0 Å². The smallest absolute Gasteiger partial charge is 0.334 e. The Hall–Kier alpha value is -0.773. The molecule has 0 aliphatic carbocycles. The van der Waals surface area contributed by atoms with E-state index >= 15 is 0 Å². The molecule has 0 fully saturated rings. The molecule has 1 heterocycles. The van der Waals surface area contributed by atoms with Crippen LogP contribution in [0.3, 0.4) is 0 Å². The van der Waals surface area contributed by atoms with Crippen LogP contribution in [-0.2, 0) is 14.0 Å². The number of ether oxygens (including phenoxy) is 1. The summed E-state index contributed by atoms with van der Waals surface area (Å²) in [6.45, 7) is 11.1. The lowest BCUT2D eigenvalue weighted by molar-refractivity contribution is -0.135. The highest BCUT2D eigenvalue weighted by Gasteiger charge is 2.40. The van der Waals surface area contributed by atoms with Crippen molar-refractivity contribution in [1.82, 2.24) is 0 Å². The number of esters is 1. The van der Waals surface area contributed by atoms with Crippen LogP contribution in [0.4, 0.5) is 0 Å². The summed E-state index contributed by atoms with van der Waals surface area (Å²) in [6, 6.07) is 0. The van der Waals surface area contributed by atoms with Crippen LogP contribution in [0, 0.1) is 0 Å². The van der Waals surface area contributed by atoms with Gasteiger partial charge in [-0.3, -0.25) is 0 Å². The second kappa shape index (κ2) is 3.42. The van der Waals surface area contributed by atoms with E-state index < -0.39 is 8.32 Å². The monoisotopic (exact) mass is 214 g/mol. The maximum Gasteiger partial charge on any atom is 0.334 e. The molecule has 0 unspecified atom stereocenters. The Morgan fingerprint density at radius 2 is 2.00 bits per heavy atom. The van der Waals surface area contributed by atoms with E-state index in [9.17, 15) is 4.79 Å². The van der Waals surface area contributed by atoms with Crippen molar-refractivity contribution in [2.75, 3.05) is 6.61 Å². The Morgan fingerprint density at radius 1 is 1.43 bits per heavy atom. The highest BCUT2D eigenvalue weighted by molar-refractivity contribution is 6.74. The molecule has 0 radical (unpaired) electrons. The molecule has 0 aromatic heterocycles. The van der Waals surface area contributed by atoms with Gasteiger partial charge < -0.3 is 9.16 Å². The Balaban J connectivity index is 2.69. The molecule has 0 bridgehead atoms. The van der Waals surface area contributed by atoms with Gasteiger partial charge in [-0.15, -0.1) is 0 Å². The van der Waals surface area contributed by atoms with Crippen LogP contribution in [0.25, 0.3) is 0 Å². The van der Waals surface area contributed by atoms with Gasteiger partial charge in [0, 0.05) is 0 Å². The topological polar surface area (TPSA) is 35.5 Å². The summed E-state index contributed by atoms with van der Waals surface area (Å²) in [5, 5.41) is 0.152. The molecule has 0 saturated carbocycles. The molecule has 0 aromatic rings. The maximum absolute atomic E-state index is 10.8. The zero-order valence-corrected chi connectivity index (χ0v) is 10.5. The average Bonchev–Trinajstić information content (AvgIpc) is 2.31. The van der Waals surface area contributed by atoms with Crippen molar-refractivity contribution in [3.8, 4) is 0 Å². The lowest BCUT2D eigenvalue weighted by Gasteiger charge is -2.36. The molecule has 0 N–H and O–H groups in total. The lowest BCUT2D eigenvalue weighted by Crippen LogP contribution is -2.40. The summed E-state index contributed by atoms with van der Waals surface area (Å²) in [5.41, 5.74) is 0. The van der Waals surface area contributed by atoms with Crippen LogP contribution in [0.15, 0.2) is 11.8 Å². The lowest BCUT2D eigenvalue weighted by atomic mass is 10.2. The molecule has 80 valence electrons. The third kappa shape index (κ3) is 2.38. The average molecular weight is 214 g/mol. The first kappa shape index (κ1) is 11.3. The molecule has 4 heteroatoms. The van der Waals surface area contributed by atoms with Crippen molar-refractivity contribution in [3.05, 3.63) is 11.8 Å². The van der Waals surface area contributed by atoms with Crippen LogP contribution in [0.5, 0.6) is 0 Å². The Morgan fingerprint density at radius 3 is 2.36 bits per heavy atom. The van der Waals surface area contributed by atoms with E-state index in [0.29, 0.717) is 12.4 Å². The zero-order chi connectivity index (χ0) is 11.0. The molecular weight excluding hydrogens is 196 g/mol. The fourth-order valence-electron chi connectivity index (χ4n) is 0.897. The molecular formula is C10H18O3Si. The van der Waals surface area contributed by atoms with Gasteiger partial charge in [-0.25, -0.2) is 4.79 Å². The number of carbonyl (C=O) groups excluding carboxylic acids is 1. The van der Waals surface area contributed by atoms with Crippen LogP contribution in [0.1, 0.15) is 20.8 Å². The fourth-order valence-corrected chi connectivity index (χ4v) is 1.98. The second-order valence-corrected chi connectivity index (χ2v) is 9.81. The van der Waals surface area contributed by atoms with E-state index in [1.165, 1.54) is 6.08 Å². The number of carbonyl (C=O) groups is 1. The van der Waals surface area contributed by atoms with Crippen LogP contribution in [0.2, 0.25) is 18.1 Å². The van der Waals surface area contributed by atoms with Crippen molar-refractivity contribution in [2.45, 2.75) is 38.9 Å². The van der Waals surface area contributed by atoms with E-state index in [4.69, 9.17) is 9.16 Å². The van der Waals surface area contributed by atoms with Gasteiger partial charge in [0.2, 0.25) is 8.32 Å². The Labute approximate surface area is 86.2 Å². The highest BCUT2D eigenvalue weighted by Crippen LogP contribution is 2.38. The van der Waals surface area contributed by atoms with Gasteiger partial charge in [0.25, 0.3) is 0 Å². The van der Waals surface area contributed by atoms with Crippen molar-refractivity contribution in [1.29, 1.82) is 0 Å². The van der Waals surface area contributed by atoms with Crippen molar-refractivity contribution >= 4 is 14.3 Å². The summed E-state index contributed by atoms with van der Waals surface area (Å²) in [7, 11) is -1.80. The first-order chi connectivity index (χ1) is 6.22. The quantitative estimate of drug-likeness (QED) is 0.523. The number of hydrogen-bond acceptors (Lipinski definition) is 3. The second-order valence-electron chi connectivity index (χ2n) is 5.08. The molecule has 0 spiro atoms. The summed E-state index contributed by atoms with van der Waals surface area (Å²) < 4.78 is 10.7. The van der Waals surface area contributed by atoms with E-state index in [0.717, 1.165) is 0 Å². The minimum atomic E-state index is -1.80. The zero-order valence-electron chi connectivity index (χ0n) is 9.51. The molecule has 1 aliphatic rings. The summed E-state index contributed by atoms with van der Waals surface area (Å²) in [5.74, 6) is 0.389. The van der Waals surface area contributed by atoms with E-state index in [2.05, 4.69) is 33.9 Å². The van der Waals surface area contributed by atoms with Gasteiger partial charge in [0.15, 0.2) is 0 Å². The maximum atomic E-state index is 10.8. The third-order valence-electron chi connectivity index (χ3n) is 2.83. The SMILES string of the molecule is CC(C)(C)[Si](C)(C)OC1=CC(=O)OC1. The van der Waals surface area contributed by atoms with Gasteiger partial charge >= 0.3 is 5.97 Å². The molecule has 0 aromatic carbocycles. The van der Waals surface area contributed by atoms with Crippen molar-refractivity contribution in [3.63, 3.8) is 0 Å². The van der Waals surface area contributed by atoms with Crippen molar-refractivity contribution in [2.24, 2.45) is 0 Å². The summed E-state index contributed by atoms with van der Waals surface area (Å²) in [4.78, 5) is 10.8. The Kier molecular flexibility index (Phi) is 2.76. The van der Waals surface area contributed by atoms with Crippen LogP contribution >= 0.6 is 0 Å². The predicted octanol–water partition coefficient (Wildman–Crippen LogP) is 2.45. The minimum absolute atomic E-state index is 0.152. The predicted molar refractivity (Wildman–Crippen MR) is 57.3 cm³/mol. The van der Waals surface area contributed by atoms with Crippen molar-refractivity contribution < 1.29 is 14.0 Å². The minimum Gasteiger partial charge on any atom is -0.544 e. The standard InChI is InChI=1S/C10H18O3Si/c1-10(2,3)14(4,5)13-8-6-9(11)12-7-8/h6H,7H2,1-5H3. The molecule has 14 heavy (non-hydrogen) atoms. The third-order valence-corrected chi connectivity index (χ3v) is 7.21. The fraction of sp³-hybridized carbons (Fsp3) is 0.700. The Bertz CT molecular complexity index is 274. The largest absolute Gasteiger partial charge is 0.544 e. The highest BCUT2D eigenvalue weighted by atomic mass is 28.4. The van der Waals surface area contributed by atoms with Gasteiger partial charge in [-0.2, -0.15) is 0 Å².